The Morgan fingerprint density at radius 1 is 1.18 bits per heavy atom. The molecule has 0 rings (SSSR count). The van der Waals surface area contributed by atoms with Crippen molar-refractivity contribution in [2.45, 2.75) is 58.7 Å². The Morgan fingerprint density at radius 2 is 1.65 bits per heavy atom. The second-order valence-corrected chi connectivity index (χ2v) is 9.95. The van der Waals surface area contributed by atoms with E-state index in [0.29, 0.717) is 6.04 Å². The monoisotopic (exact) mass is 278 g/mol. The Hall–Kier alpha value is 0.274. The summed E-state index contributed by atoms with van der Waals surface area (Å²) in [6, 6.07) is 0.557. The van der Waals surface area contributed by atoms with Crippen molar-refractivity contribution in [3.05, 3.63) is 0 Å². The number of nitrogens with one attached hydrogen (secondary N) is 2. The van der Waals surface area contributed by atoms with Gasteiger partial charge >= 0.3 is 0 Å². The van der Waals surface area contributed by atoms with Gasteiger partial charge in [0, 0.05) is 0 Å². The van der Waals surface area contributed by atoms with Crippen LogP contribution in [0.3, 0.4) is 0 Å². The zero-order chi connectivity index (χ0) is 13.9. The molecule has 0 aliphatic rings. The van der Waals surface area contributed by atoms with Crippen LogP contribution in [0.1, 0.15) is 41.5 Å². The molecule has 0 atom stereocenters. The summed E-state index contributed by atoms with van der Waals surface area (Å²) < 4.78 is 4.22. The van der Waals surface area contributed by atoms with Crippen molar-refractivity contribution in [1.82, 2.24) is 9.79 Å². The van der Waals surface area contributed by atoms with E-state index in [4.69, 9.17) is 4.84 Å². The van der Waals surface area contributed by atoms with Gasteiger partial charge in [0.15, 0.2) is 9.84 Å². The minimum Gasteiger partial charge on any atom is -0.358 e. The van der Waals surface area contributed by atoms with Crippen LogP contribution in [0.25, 0.3) is 0 Å². The van der Waals surface area contributed by atoms with Gasteiger partial charge in [-0.05, 0) is 41.5 Å². The lowest BCUT2D eigenvalue weighted by Crippen LogP contribution is -2.70. The summed E-state index contributed by atoms with van der Waals surface area (Å²) in [6.45, 7) is 13.4. The molecule has 0 saturated carbocycles. The van der Waals surface area contributed by atoms with Gasteiger partial charge in [-0.1, -0.05) is 0 Å². The molecule has 0 heterocycles. The molecular formula is C11H32N3OSi2+. The molecule has 0 saturated heterocycles. The predicted octanol–water partition coefficient (Wildman–Crippen LogP) is -0.582. The summed E-state index contributed by atoms with van der Waals surface area (Å²) in [5, 5.41) is 3.14. The van der Waals surface area contributed by atoms with Crippen molar-refractivity contribution < 1.29 is 9.32 Å². The van der Waals surface area contributed by atoms with Crippen LogP contribution in [0.2, 0.25) is 0 Å². The third-order valence-corrected chi connectivity index (χ3v) is 6.48. The van der Waals surface area contributed by atoms with Crippen molar-refractivity contribution in [3.63, 3.8) is 0 Å². The SMILES string of the molecule is CC(C)[N+](C)(C)C(C)(C)C(C)(C)ON[SiH2]N[SiH3]. The van der Waals surface area contributed by atoms with E-state index >= 15 is 0 Å². The summed E-state index contributed by atoms with van der Waals surface area (Å²) in [7, 11) is 5.14. The number of rotatable bonds is 7. The van der Waals surface area contributed by atoms with Crippen molar-refractivity contribution in [2.75, 3.05) is 14.1 Å². The number of hydrogen-bond acceptors (Lipinski definition) is 3. The molecule has 17 heavy (non-hydrogen) atoms. The molecule has 0 bridgehead atoms. The molecule has 0 spiro atoms. The minimum atomic E-state index is -0.447. The van der Waals surface area contributed by atoms with Crippen LogP contribution in [-0.2, 0) is 4.84 Å². The highest BCUT2D eigenvalue weighted by atomic mass is 28.3. The predicted molar refractivity (Wildman–Crippen MR) is 81.2 cm³/mol. The van der Waals surface area contributed by atoms with Crippen LogP contribution in [0, 0.1) is 0 Å². The average molecular weight is 279 g/mol. The van der Waals surface area contributed by atoms with Gasteiger partial charge in [0.2, 0.25) is 0 Å². The molecule has 0 aliphatic carbocycles. The molecule has 6 heteroatoms. The Labute approximate surface area is 113 Å². The first-order valence-electron chi connectivity index (χ1n) is 6.40. The second kappa shape index (κ2) is 5.94. The van der Waals surface area contributed by atoms with E-state index < -0.39 is 9.84 Å². The molecule has 0 aromatic rings. The summed E-state index contributed by atoms with van der Waals surface area (Å²) in [6.07, 6.45) is 0. The highest BCUT2D eigenvalue weighted by Crippen LogP contribution is 2.35. The molecule has 0 fully saturated rings. The molecule has 0 radical (unpaired) electrons. The fraction of sp³-hybridized carbons (Fsp3) is 1.00. The van der Waals surface area contributed by atoms with E-state index in [1.807, 2.05) is 0 Å². The fourth-order valence-corrected chi connectivity index (χ4v) is 2.76. The Balaban J connectivity index is 4.88. The molecule has 0 unspecified atom stereocenters. The lowest BCUT2D eigenvalue weighted by molar-refractivity contribution is -0.964. The van der Waals surface area contributed by atoms with Gasteiger partial charge in [-0.15, -0.1) is 0 Å². The number of likely N-dealkylation sites (N-methyl/N-ethyl adjacent to an activating group) is 1. The number of hydrogen-bond donors (Lipinski definition) is 2. The van der Waals surface area contributed by atoms with Crippen molar-refractivity contribution in [1.29, 1.82) is 0 Å². The lowest BCUT2D eigenvalue weighted by Gasteiger charge is -2.54. The standard InChI is InChI=1S/C11H32N3OSi2/c1-9(2)14(7,8)10(3,4)11(5,6)15-12-17-13-16/h9,12-13H,17H2,1-8,16H3/q+1. The maximum atomic E-state index is 5.93. The summed E-state index contributed by atoms with van der Waals surface area (Å²) in [5.41, 5.74) is -0.195. The largest absolute Gasteiger partial charge is 0.358 e. The number of nitrogens with zero attached hydrogens (tertiary/aromatic N) is 1. The summed E-state index contributed by atoms with van der Waals surface area (Å²) >= 11 is 0. The van der Waals surface area contributed by atoms with Gasteiger partial charge in [-0.2, -0.15) is 0 Å². The molecule has 2 N–H and O–H groups in total. The van der Waals surface area contributed by atoms with Crippen LogP contribution in [0.5, 0.6) is 0 Å². The molecular weight excluding hydrogens is 246 g/mol. The quantitative estimate of drug-likeness (QED) is 0.283. The average Bonchev–Trinajstić information content (AvgIpc) is 2.17. The Bertz CT molecular complexity index is 243. The smallest absolute Gasteiger partial charge is 0.188 e. The van der Waals surface area contributed by atoms with Crippen LogP contribution >= 0.6 is 0 Å². The lowest BCUT2D eigenvalue weighted by atomic mass is 9.81. The molecule has 0 amide bonds. The van der Waals surface area contributed by atoms with Crippen molar-refractivity contribution in [3.8, 4) is 0 Å². The first kappa shape index (κ1) is 17.3. The van der Waals surface area contributed by atoms with Gasteiger partial charge in [0.05, 0.1) is 30.5 Å². The molecule has 0 aromatic heterocycles. The zero-order valence-electron chi connectivity index (χ0n) is 13.1. The van der Waals surface area contributed by atoms with Crippen LogP contribution in [0.4, 0.5) is 0 Å². The third-order valence-electron chi connectivity index (χ3n) is 4.78. The van der Waals surface area contributed by atoms with Crippen LogP contribution in [0.15, 0.2) is 0 Å². The molecule has 4 nitrogen and oxygen atoms in total. The van der Waals surface area contributed by atoms with Crippen LogP contribution < -0.4 is 9.79 Å². The van der Waals surface area contributed by atoms with Gasteiger partial charge in [0.1, 0.15) is 11.1 Å². The van der Waals surface area contributed by atoms with E-state index in [1.54, 1.807) is 0 Å². The minimum absolute atomic E-state index is 0.0216. The fourth-order valence-electron chi connectivity index (χ4n) is 1.75. The number of quaternary nitrogens is 1. The van der Waals surface area contributed by atoms with Crippen molar-refractivity contribution in [2.24, 2.45) is 0 Å². The van der Waals surface area contributed by atoms with E-state index in [-0.39, 0.29) is 11.1 Å². The zero-order valence-corrected chi connectivity index (χ0v) is 16.6. The first-order valence-corrected chi connectivity index (χ1v) is 8.81. The maximum absolute atomic E-state index is 5.93. The van der Waals surface area contributed by atoms with Gasteiger partial charge in [-0.3, -0.25) is 4.84 Å². The van der Waals surface area contributed by atoms with Crippen molar-refractivity contribution >= 4 is 20.2 Å². The highest BCUT2D eigenvalue weighted by molar-refractivity contribution is 6.39. The van der Waals surface area contributed by atoms with E-state index in [2.05, 4.69) is 65.4 Å². The summed E-state index contributed by atoms with van der Waals surface area (Å²) in [5.74, 6) is 0. The highest BCUT2D eigenvalue weighted by Gasteiger charge is 2.51. The van der Waals surface area contributed by atoms with E-state index in [1.165, 1.54) is 0 Å². The van der Waals surface area contributed by atoms with Crippen LogP contribution in [-0.4, -0.2) is 56.0 Å². The second-order valence-electron chi connectivity index (χ2n) is 6.48. The Kier molecular flexibility index (Phi) is 6.04. The van der Waals surface area contributed by atoms with E-state index in [0.717, 1.165) is 14.9 Å². The normalized spacial score (nSPS) is 15.4. The Morgan fingerprint density at radius 3 is 2.00 bits per heavy atom. The summed E-state index contributed by atoms with van der Waals surface area (Å²) in [4.78, 5) is 5.93. The van der Waals surface area contributed by atoms with Gasteiger partial charge in [0.25, 0.3) is 0 Å². The molecule has 0 aliphatic heterocycles. The topological polar surface area (TPSA) is 33.3 Å². The first-order chi connectivity index (χ1) is 7.50. The van der Waals surface area contributed by atoms with Gasteiger partial charge < -0.3 is 9.13 Å². The maximum Gasteiger partial charge on any atom is 0.188 e. The van der Waals surface area contributed by atoms with E-state index in [9.17, 15) is 0 Å². The van der Waals surface area contributed by atoms with Gasteiger partial charge in [-0.25, -0.2) is 5.15 Å². The third kappa shape index (κ3) is 3.62. The molecule has 0 aromatic carbocycles. The molecule has 104 valence electrons.